The lowest BCUT2D eigenvalue weighted by Gasteiger charge is -2.25. The van der Waals surface area contributed by atoms with Crippen molar-refractivity contribution < 1.29 is 4.79 Å². The highest BCUT2D eigenvalue weighted by Crippen LogP contribution is 2.39. The lowest BCUT2D eigenvalue weighted by molar-refractivity contribution is 0.0908. The molecule has 4 N–H and O–H groups in total. The summed E-state index contributed by atoms with van der Waals surface area (Å²) in [6.07, 6.45) is 2.37. The Morgan fingerprint density at radius 2 is 2.15 bits per heavy atom. The number of carbonyl (C=O) groups is 1. The van der Waals surface area contributed by atoms with Gasteiger partial charge >= 0.3 is 0 Å². The molecule has 0 spiro atoms. The summed E-state index contributed by atoms with van der Waals surface area (Å²) in [5.41, 5.74) is 5.69. The summed E-state index contributed by atoms with van der Waals surface area (Å²) in [5.74, 6) is 1.30. The van der Waals surface area contributed by atoms with E-state index in [-0.39, 0.29) is 11.4 Å². The number of nitrogens with two attached hydrogens (primary N) is 1. The molecule has 20 heavy (non-hydrogen) atoms. The summed E-state index contributed by atoms with van der Waals surface area (Å²) in [5, 5.41) is 7.00. The van der Waals surface area contributed by atoms with E-state index >= 15 is 0 Å². The van der Waals surface area contributed by atoms with Gasteiger partial charge in [0.2, 0.25) is 0 Å². The maximum Gasteiger partial charge on any atom is 0.265 e. The number of carbonyl (C=O) groups excluding carboxylic acids is 1. The van der Waals surface area contributed by atoms with Gasteiger partial charge in [0.05, 0.1) is 0 Å². The van der Waals surface area contributed by atoms with Crippen molar-refractivity contribution >= 4 is 28.2 Å². The smallest absolute Gasteiger partial charge is 0.265 e. The third-order valence-corrected chi connectivity index (χ3v) is 4.58. The maximum absolute atomic E-state index is 12.3. The standard InChI is InChI=1S/C14H24N4OS/c1-8(2)7-16-13-17-11(15)10(20-13)12(19)18-14(3,4)9-5-6-9/h8-9H,5-7,15H2,1-4H3,(H,16,17)(H,18,19). The van der Waals surface area contributed by atoms with Crippen LogP contribution in [0.15, 0.2) is 0 Å². The molecular weight excluding hydrogens is 272 g/mol. The zero-order valence-corrected chi connectivity index (χ0v) is 13.4. The number of rotatable bonds is 6. The first-order valence-electron chi connectivity index (χ1n) is 7.12. The summed E-state index contributed by atoms with van der Waals surface area (Å²) < 4.78 is 0. The highest BCUT2D eigenvalue weighted by Gasteiger charge is 2.39. The van der Waals surface area contributed by atoms with E-state index in [0.717, 1.165) is 6.54 Å². The number of nitrogens with one attached hydrogen (secondary N) is 2. The first kappa shape index (κ1) is 15.1. The molecule has 5 nitrogen and oxygen atoms in total. The Morgan fingerprint density at radius 3 is 2.70 bits per heavy atom. The zero-order valence-electron chi connectivity index (χ0n) is 12.6. The van der Waals surface area contributed by atoms with Gasteiger partial charge in [-0.25, -0.2) is 4.98 Å². The van der Waals surface area contributed by atoms with Crippen molar-refractivity contribution in [3.63, 3.8) is 0 Å². The van der Waals surface area contributed by atoms with Gasteiger partial charge in [0.1, 0.15) is 10.7 Å². The Labute approximate surface area is 124 Å². The molecule has 0 aromatic carbocycles. The molecule has 1 saturated carbocycles. The monoisotopic (exact) mass is 296 g/mol. The predicted molar refractivity (Wildman–Crippen MR) is 84.1 cm³/mol. The van der Waals surface area contributed by atoms with Gasteiger partial charge in [0.15, 0.2) is 5.13 Å². The number of nitrogen functional groups attached to an aromatic ring is 1. The van der Waals surface area contributed by atoms with Crippen molar-refractivity contribution in [2.24, 2.45) is 11.8 Å². The van der Waals surface area contributed by atoms with Crippen molar-refractivity contribution in [2.75, 3.05) is 17.6 Å². The maximum atomic E-state index is 12.3. The normalized spacial score (nSPS) is 15.4. The first-order valence-corrected chi connectivity index (χ1v) is 7.94. The minimum atomic E-state index is -0.168. The molecular formula is C14H24N4OS. The lowest BCUT2D eigenvalue weighted by atomic mass is 9.99. The second-order valence-electron chi connectivity index (χ2n) is 6.46. The van der Waals surface area contributed by atoms with Crippen LogP contribution in [0.1, 0.15) is 50.2 Å². The molecule has 1 heterocycles. The van der Waals surface area contributed by atoms with Crippen LogP contribution in [0.5, 0.6) is 0 Å². The molecule has 1 aromatic heterocycles. The molecule has 1 aromatic rings. The first-order chi connectivity index (χ1) is 9.29. The van der Waals surface area contributed by atoms with Gasteiger partial charge < -0.3 is 16.4 Å². The Hall–Kier alpha value is -1.30. The van der Waals surface area contributed by atoms with E-state index in [0.29, 0.717) is 27.7 Å². The summed E-state index contributed by atoms with van der Waals surface area (Å²) in [7, 11) is 0. The van der Waals surface area contributed by atoms with Crippen molar-refractivity contribution in [3.8, 4) is 0 Å². The second kappa shape index (κ2) is 5.60. The molecule has 1 aliphatic rings. The minimum Gasteiger partial charge on any atom is -0.382 e. The summed E-state index contributed by atoms with van der Waals surface area (Å²) in [6.45, 7) is 9.20. The SMILES string of the molecule is CC(C)CNc1nc(N)c(C(=O)NC(C)(C)C2CC2)s1. The fourth-order valence-electron chi connectivity index (χ4n) is 2.12. The third kappa shape index (κ3) is 3.62. The highest BCUT2D eigenvalue weighted by atomic mass is 32.1. The van der Waals surface area contributed by atoms with Gasteiger partial charge in [-0.3, -0.25) is 4.79 Å². The van der Waals surface area contributed by atoms with Crippen LogP contribution in [0.25, 0.3) is 0 Å². The number of anilines is 2. The largest absolute Gasteiger partial charge is 0.382 e. The number of hydrogen-bond donors (Lipinski definition) is 3. The molecule has 6 heteroatoms. The molecule has 0 radical (unpaired) electrons. The van der Waals surface area contributed by atoms with Crippen LogP contribution in [-0.2, 0) is 0 Å². The fraction of sp³-hybridized carbons (Fsp3) is 0.714. The van der Waals surface area contributed by atoms with E-state index in [1.54, 1.807) is 0 Å². The average Bonchev–Trinajstić information content (AvgIpc) is 3.11. The molecule has 2 rings (SSSR count). The van der Waals surface area contributed by atoms with Gasteiger partial charge in [-0.05, 0) is 38.5 Å². The molecule has 112 valence electrons. The van der Waals surface area contributed by atoms with Crippen LogP contribution >= 0.6 is 11.3 Å². The van der Waals surface area contributed by atoms with Crippen molar-refractivity contribution in [2.45, 2.75) is 46.1 Å². The fourth-order valence-corrected chi connectivity index (χ4v) is 2.90. The van der Waals surface area contributed by atoms with Gasteiger partial charge in [0, 0.05) is 12.1 Å². The van der Waals surface area contributed by atoms with Crippen LogP contribution in [0.3, 0.4) is 0 Å². The molecule has 0 aliphatic heterocycles. The van der Waals surface area contributed by atoms with Crippen molar-refractivity contribution in [1.82, 2.24) is 10.3 Å². The van der Waals surface area contributed by atoms with E-state index in [2.05, 4.69) is 43.3 Å². The van der Waals surface area contributed by atoms with Crippen LogP contribution in [0.4, 0.5) is 10.9 Å². The van der Waals surface area contributed by atoms with Crippen LogP contribution in [0.2, 0.25) is 0 Å². The van der Waals surface area contributed by atoms with Crippen LogP contribution < -0.4 is 16.4 Å². The molecule has 1 fully saturated rings. The quantitative estimate of drug-likeness (QED) is 0.754. The van der Waals surface area contributed by atoms with E-state index in [9.17, 15) is 4.79 Å². The van der Waals surface area contributed by atoms with Crippen LogP contribution in [-0.4, -0.2) is 23.0 Å². The minimum absolute atomic E-state index is 0.116. The van der Waals surface area contributed by atoms with E-state index in [1.165, 1.54) is 24.2 Å². The second-order valence-corrected chi connectivity index (χ2v) is 7.46. The number of aromatic nitrogens is 1. The van der Waals surface area contributed by atoms with Crippen molar-refractivity contribution in [1.29, 1.82) is 0 Å². The Morgan fingerprint density at radius 1 is 1.50 bits per heavy atom. The third-order valence-electron chi connectivity index (χ3n) is 3.55. The van der Waals surface area contributed by atoms with E-state index in [1.807, 2.05) is 0 Å². The summed E-state index contributed by atoms with van der Waals surface area (Å²) in [4.78, 5) is 17.0. The summed E-state index contributed by atoms with van der Waals surface area (Å²) in [6, 6.07) is 0. The summed E-state index contributed by atoms with van der Waals surface area (Å²) >= 11 is 1.32. The molecule has 0 unspecified atom stereocenters. The zero-order chi connectivity index (χ0) is 14.9. The molecule has 0 atom stereocenters. The van der Waals surface area contributed by atoms with E-state index in [4.69, 9.17) is 5.73 Å². The Balaban J connectivity index is 2.02. The van der Waals surface area contributed by atoms with E-state index < -0.39 is 0 Å². The number of amides is 1. The van der Waals surface area contributed by atoms with Gasteiger partial charge in [0.25, 0.3) is 5.91 Å². The average molecular weight is 296 g/mol. The topological polar surface area (TPSA) is 80.0 Å². The highest BCUT2D eigenvalue weighted by molar-refractivity contribution is 7.18. The van der Waals surface area contributed by atoms with Gasteiger partial charge in [-0.2, -0.15) is 0 Å². The number of thiazole rings is 1. The number of hydrogen-bond acceptors (Lipinski definition) is 5. The molecule has 0 bridgehead atoms. The molecule has 1 amide bonds. The molecule has 1 aliphatic carbocycles. The number of nitrogens with zero attached hydrogens (tertiary/aromatic N) is 1. The van der Waals surface area contributed by atoms with Gasteiger partial charge in [-0.1, -0.05) is 25.2 Å². The Bertz CT molecular complexity index is 491. The van der Waals surface area contributed by atoms with Crippen molar-refractivity contribution in [3.05, 3.63) is 4.88 Å². The lowest BCUT2D eigenvalue weighted by Crippen LogP contribution is -2.45. The molecule has 0 saturated heterocycles. The van der Waals surface area contributed by atoms with Gasteiger partial charge in [-0.15, -0.1) is 0 Å². The van der Waals surface area contributed by atoms with Crippen LogP contribution in [0, 0.1) is 11.8 Å². The predicted octanol–water partition coefficient (Wildman–Crippen LogP) is 2.71. The Kier molecular flexibility index (Phi) is 4.22.